The maximum Gasteiger partial charge on any atom is 0.277 e. The van der Waals surface area contributed by atoms with Gasteiger partial charge in [-0.15, -0.1) is 21.5 Å². The maximum absolute atomic E-state index is 12.6. The van der Waals surface area contributed by atoms with Crippen LogP contribution < -0.4 is 10.1 Å². The number of fused-ring (bicyclic) bond motifs is 1. The number of rotatable bonds is 7. The molecule has 1 aliphatic carbocycles. The molecular weight excluding hydrogens is 468 g/mol. The van der Waals surface area contributed by atoms with Gasteiger partial charge in [-0.1, -0.05) is 44.7 Å². The molecule has 1 atom stereocenters. The van der Waals surface area contributed by atoms with Crippen molar-refractivity contribution in [2.24, 2.45) is 11.3 Å². The first-order chi connectivity index (χ1) is 16.3. The van der Waals surface area contributed by atoms with E-state index < -0.39 is 0 Å². The first-order valence-electron chi connectivity index (χ1n) is 11.2. The van der Waals surface area contributed by atoms with Crippen molar-refractivity contribution in [3.63, 3.8) is 0 Å². The minimum absolute atomic E-state index is 0.127. The van der Waals surface area contributed by atoms with E-state index in [1.807, 2.05) is 24.3 Å². The van der Waals surface area contributed by atoms with Gasteiger partial charge >= 0.3 is 0 Å². The summed E-state index contributed by atoms with van der Waals surface area (Å²) in [6, 6.07) is 9.96. The highest BCUT2D eigenvalue weighted by atomic mass is 32.2. The highest BCUT2D eigenvalue weighted by Crippen LogP contribution is 2.44. The number of thioether (sulfide) groups is 1. The van der Waals surface area contributed by atoms with Crippen LogP contribution in [0.3, 0.4) is 0 Å². The molecule has 0 unspecified atom stereocenters. The van der Waals surface area contributed by atoms with Gasteiger partial charge in [0.15, 0.2) is 0 Å². The topological polar surface area (TPSA) is 101 Å². The lowest BCUT2D eigenvalue weighted by molar-refractivity contribution is -0.113. The van der Waals surface area contributed by atoms with Gasteiger partial charge in [-0.2, -0.15) is 5.26 Å². The molecule has 3 aromatic rings. The smallest absolute Gasteiger partial charge is 0.277 e. The van der Waals surface area contributed by atoms with E-state index in [1.165, 1.54) is 16.6 Å². The predicted molar refractivity (Wildman–Crippen MR) is 133 cm³/mol. The van der Waals surface area contributed by atoms with Crippen LogP contribution in [0.15, 0.2) is 33.9 Å². The Morgan fingerprint density at radius 2 is 2.09 bits per heavy atom. The molecule has 0 aliphatic heterocycles. The number of amides is 1. The minimum Gasteiger partial charge on any atom is -0.497 e. The molecule has 1 N–H and O–H groups in total. The molecule has 0 saturated heterocycles. The third-order valence-corrected chi connectivity index (χ3v) is 8.13. The van der Waals surface area contributed by atoms with Crippen LogP contribution in [-0.2, 0) is 24.1 Å². The van der Waals surface area contributed by atoms with E-state index in [2.05, 4.69) is 42.4 Å². The van der Waals surface area contributed by atoms with Gasteiger partial charge < -0.3 is 14.5 Å². The van der Waals surface area contributed by atoms with Gasteiger partial charge in [0.25, 0.3) is 5.22 Å². The number of nitriles is 1. The van der Waals surface area contributed by atoms with Crippen LogP contribution in [0, 0.1) is 22.7 Å². The third-order valence-electron chi connectivity index (χ3n) is 6.14. The van der Waals surface area contributed by atoms with Crippen LogP contribution in [0.5, 0.6) is 5.75 Å². The molecule has 0 bridgehead atoms. The first kappa shape index (κ1) is 24.3. The van der Waals surface area contributed by atoms with Gasteiger partial charge in [0, 0.05) is 4.88 Å². The van der Waals surface area contributed by atoms with E-state index in [1.54, 1.807) is 18.4 Å². The van der Waals surface area contributed by atoms with E-state index in [-0.39, 0.29) is 17.1 Å². The summed E-state index contributed by atoms with van der Waals surface area (Å²) in [5, 5.41) is 21.8. The number of nitrogens with one attached hydrogen (secondary N) is 1. The summed E-state index contributed by atoms with van der Waals surface area (Å²) < 4.78 is 10.8. The molecule has 4 rings (SSSR count). The molecule has 9 heteroatoms. The molecule has 1 amide bonds. The third kappa shape index (κ3) is 5.62. The van der Waals surface area contributed by atoms with Crippen molar-refractivity contribution in [1.29, 1.82) is 5.26 Å². The number of aromatic nitrogens is 2. The lowest BCUT2D eigenvalue weighted by Gasteiger charge is -2.33. The second-order valence-corrected chi connectivity index (χ2v) is 11.5. The fraction of sp³-hybridized carbons (Fsp3) is 0.440. The van der Waals surface area contributed by atoms with Crippen LogP contribution in [0.1, 0.15) is 54.7 Å². The largest absolute Gasteiger partial charge is 0.497 e. The Kier molecular flexibility index (Phi) is 7.29. The number of hydrogen-bond donors (Lipinski definition) is 1. The van der Waals surface area contributed by atoms with Crippen molar-refractivity contribution in [2.45, 2.75) is 51.7 Å². The molecule has 0 saturated carbocycles. The Labute approximate surface area is 207 Å². The SMILES string of the molecule is COc1ccc(Cc2nnc(SCC(=O)Nc3sc4c(c3C#N)CC[C@@H](C(C)(C)C)C4)o2)cc1. The number of benzene rings is 1. The van der Waals surface area contributed by atoms with Crippen LogP contribution in [-0.4, -0.2) is 29.0 Å². The quantitative estimate of drug-likeness (QED) is 0.432. The highest BCUT2D eigenvalue weighted by Gasteiger charge is 2.32. The number of nitrogens with zero attached hydrogens (tertiary/aromatic N) is 3. The Balaban J connectivity index is 1.34. The fourth-order valence-electron chi connectivity index (χ4n) is 4.11. The summed E-state index contributed by atoms with van der Waals surface area (Å²) in [4.78, 5) is 13.8. The van der Waals surface area contributed by atoms with Crippen molar-refractivity contribution >= 4 is 34.0 Å². The predicted octanol–water partition coefficient (Wildman–Crippen LogP) is 5.48. The molecule has 0 spiro atoms. The van der Waals surface area contributed by atoms with Crippen molar-refractivity contribution in [1.82, 2.24) is 10.2 Å². The van der Waals surface area contributed by atoms with Gasteiger partial charge in [-0.25, -0.2) is 0 Å². The lowest BCUT2D eigenvalue weighted by atomic mass is 9.72. The number of carbonyl (C=O) groups excluding carboxylic acids is 1. The zero-order valence-electron chi connectivity index (χ0n) is 19.8. The second-order valence-electron chi connectivity index (χ2n) is 9.45. The molecule has 1 aromatic carbocycles. The Hall–Kier alpha value is -2.83. The lowest BCUT2D eigenvalue weighted by Crippen LogP contribution is -2.26. The van der Waals surface area contributed by atoms with Crippen LogP contribution in [0.2, 0.25) is 0 Å². The first-order valence-corrected chi connectivity index (χ1v) is 13.0. The molecule has 2 aromatic heterocycles. The van der Waals surface area contributed by atoms with Crippen LogP contribution in [0.4, 0.5) is 5.00 Å². The summed E-state index contributed by atoms with van der Waals surface area (Å²) in [7, 11) is 1.63. The number of ether oxygens (including phenoxy) is 1. The Morgan fingerprint density at radius 3 is 2.76 bits per heavy atom. The molecule has 1 aliphatic rings. The number of hydrogen-bond acceptors (Lipinski definition) is 8. The van der Waals surface area contributed by atoms with Gasteiger partial charge in [-0.05, 0) is 53.9 Å². The number of thiophene rings is 1. The average molecular weight is 497 g/mol. The molecule has 2 heterocycles. The monoisotopic (exact) mass is 496 g/mol. The summed E-state index contributed by atoms with van der Waals surface area (Å²) in [5.74, 6) is 1.79. The van der Waals surface area contributed by atoms with Gasteiger partial charge in [0.1, 0.15) is 16.8 Å². The second kappa shape index (κ2) is 10.2. The summed E-state index contributed by atoms with van der Waals surface area (Å²) in [6.07, 6.45) is 3.43. The number of methoxy groups -OCH3 is 1. The van der Waals surface area contributed by atoms with E-state index in [0.717, 1.165) is 36.1 Å². The number of carbonyl (C=O) groups is 1. The molecule has 0 radical (unpaired) electrons. The highest BCUT2D eigenvalue weighted by molar-refractivity contribution is 7.99. The van der Waals surface area contributed by atoms with Gasteiger partial charge in [0.05, 0.1) is 24.8 Å². The van der Waals surface area contributed by atoms with E-state index in [0.29, 0.717) is 34.0 Å². The summed E-state index contributed by atoms with van der Waals surface area (Å²) in [6.45, 7) is 6.80. The van der Waals surface area contributed by atoms with Crippen molar-refractivity contribution in [2.75, 3.05) is 18.2 Å². The van der Waals surface area contributed by atoms with E-state index >= 15 is 0 Å². The molecule has 178 valence electrons. The average Bonchev–Trinajstić information content (AvgIpc) is 3.40. The molecule has 7 nitrogen and oxygen atoms in total. The van der Waals surface area contributed by atoms with Crippen LogP contribution >= 0.6 is 23.1 Å². The van der Waals surface area contributed by atoms with Gasteiger partial charge in [-0.3, -0.25) is 4.79 Å². The van der Waals surface area contributed by atoms with E-state index in [9.17, 15) is 10.1 Å². The molecule has 34 heavy (non-hydrogen) atoms. The maximum atomic E-state index is 12.6. The normalized spacial score (nSPS) is 15.4. The van der Waals surface area contributed by atoms with Crippen molar-refractivity contribution in [3.8, 4) is 11.8 Å². The summed E-state index contributed by atoms with van der Waals surface area (Å²) >= 11 is 2.73. The Bertz CT molecular complexity index is 1200. The van der Waals surface area contributed by atoms with Crippen LogP contribution in [0.25, 0.3) is 0 Å². The van der Waals surface area contributed by atoms with E-state index in [4.69, 9.17) is 9.15 Å². The van der Waals surface area contributed by atoms with Crippen molar-refractivity contribution < 1.29 is 13.9 Å². The zero-order valence-corrected chi connectivity index (χ0v) is 21.4. The zero-order chi connectivity index (χ0) is 24.3. The number of anilines is 1. The van der Waals surface area contributed by atoms with Crippen molar-refractivity contribution in [3.05, 3.63) is 51.7 Å². The minimum atomic E-state index is -0.192. The molecule has 0 fully saturated rings. The Morgan fingerprint density at radius 1 is 1.32 bits per heavy atom. The standard InChI is InChI=1S/C25H28N4O3S2/c1-25(2,3)16-7-10-18-19(13-26)23(34-20(18)12-16)27-21(30)14-33-24-29-28-22(32-24)11-15-5-8-17(31-4)9-6-15/h5-6,8-9,16H,7,10-12,14H2,1-4H3,(H,27,30)/t16-/m1/s1. The van der Waals surface area contributed by atoms with Gasteiger partial charge in [0.2, 0.25) is 11.8 Å². The molecular formula is C25H28N4O3S2. The summed E-state index contributed by atoms with van der Waals surface area (Å²) in [5.41, 5.74) is 2.98. The fourth-order valence-corrected chi connectivity index (χ4v) is 5.98.